The Balaban J connectivity index is 0.00000484. The first-order chi connectivity index (χ1) is 10.8. The van der Waals surface area contributed by atoms with E-state index in [0.29, 0.717) is 19.1 Å². The zero-order valence-electron chi connectivity index (χ0n) is 14.0. The number of guanidine groups is 1. The number of ether oxygens (including phenoxy) is 2. The second-order valence-corrected chi connectivity index (χ2v) is 4.99. The highest BCUT2D eigenvalue weighted by molar-refractivity contribution is 14.0. The maximum atomic E-state index is 5.77. The maximum Gasteiger partial charge on any atom is 0.188 e. The van der Waals surface area contributed by atoms with Crippen molar-refractivity contribution in [3.8, 4) is 0 Å². The van der Waals surface area contributed by atoms with Gasteiger partial charge < -0.3 is 20.5 Å². The minimum atomic E-state index is 0. The van der Waals surface area contributed by atoms with Crippen LogP contribution in [0, 0.1) is 0 Å². The Morgan fingerprint density at radius 1 is 1.09 bits per heavy atom. The summed E-state index contributed by atoms with van der Waals surface area (Å²) in [6.07, 6.45) is 2.94. The highest BCUT2D eigenvalue weighted by Gasteiger charge is 1.94. The van der Waals surface area contributed by atoms with Crippen molar-refractivity contribution in [1.82, 2.24) is 5.32 Å². The molecular weight excluding hydrogens is 405 g/mol. The molecular formula is C17H30IN3O2. The number of nitrogens with two attached hydrogens (primary N) is 1. The number of unbranched alkanes of at least 4 members (excludes halogenated alkanes) is 1. The Hall–Kier alpha value is -0.860. The van der Waals surface area contributed by atoms with E-state index in [4.69, 9.17) is 15.2 Å². The fourth-order valence-corrected chi connectivity index (χ4v) is 1.88. The number of hydrogen-bond donors (Lipinski definition) is 2. The Kier molecular flexibility index (Phi) is 15.4. The van der Waals surface area contributed by atoms with Gasteiger partial charge in [-0.3, -0.25) is 4.99 Å². The molecule has 132 valence electrons. The summed E-state index contributed by atoms with van der Waals surface area (Å²) in [6.45, 7) is 6.47. The number of nitrogens with zero attached hydrogens (tertiary/aromatic N) is 1. The van der Waals surface area contributed by atoms with Crippen molar-refractivity contribution < 1.29 is 9.47 Å². The van der Waals surface area contributed by atoms with Crippen molar-refractivity contribution >= 4 is 29.9 Å². The van der Waals surface area contributed by atoms with Crippen LogP contribution < -0.4 is 11.1 Å². The summed E-state index contributed by atoms with van der Waals surface area (Å²) in [7, 11) is 0. The van der Waals surface area contributed by atoms with Crippen LogP contribution in [-0.2, 0) is 16.1 Å². The molecule has 0 aromatic heterocycles. The molecule has 0 aliphatic carbocycles. The van der Waals surface area contributed by atoms with Gasteiger partial charge in [0.2, 0.25) is 0 Å². The largest absolute Gasteiger partial charge is 0.382 e. The minimum Gasteiger partial charge on any atom is -0.382 e. The molecule has 0 saturated carbocycles. The van der Waals surface area contributed by atoms with Gasteiger partial charge in [0, 0.05) is 32.9 Å². The Labute approximate surface area is 157 Å². The standard InChI is InChI=1S/C17H29N3O2.HI/c1-2-21-14-8-12-20-17(18)19-11-6-7-13-22-15-16-9-4-3-5-10-16;/h3-5,9-10H,2,6-8,11-15H2,1H3,(H3,18,19,20);1H. The highest BCUT2D eigenvalue weighted by atomic mass is 127. The van der Waals surface area contributed by atoms with Crippen molar-refractivity contribution in [2.24, 2.45) is 10.7 Å². The summed E-state index contributed by atoms with van der Waals surface area (Å²) >= 11 is 0. The monoisotopic (exact) mass is 435 g/mol. The van der Waals surface area contributed by atoms with E-state index >= 15 is 0 Å². The average Bonchev–Trinajstić information content (AvgIpc) is 2.55. The molecule has 0 bridgehead atoms. The predicted octanol–water partition coefficient (Wildman–Crippen LogP) is 2.93. The van der Waals surface area contributed by atoms with Crippen LogP contribution in [0.3, 0.4) is 0 Å². The second-order valence-electron chi connectivity index (χ2n) is 4.99. The summed E-state index contributed by atoms with van der Waals surface area (Å²) in [4.78, 5) is 4.24. The third-order valence-electron chi connectivity index (χ3n) is 3.07. The van der Waals surface area contributed by atoms with Crippen LogP contribution in [0.2, 0.25) is 0 Å². The van der Waals surface area contributed by atoms with Crippen LogP contribution >= 0.6 is 24.0 Å². The molecule has 1 aromatic carbocycles. The van der Waals surface area contributed by atoms with E-state index in [0.717, 1.165) is 45.6 Å². The van der Waals surface area contributed by atoms with Crippen LogP contribution in [0.5, 0.6) is 0 Å². The first-order valence-electron chi connectivity index (χ1n) is 8.06. The zero-order valence-corrected chi connectivity index (χ0v) is 16.3. The molecule has 0 radical (unpaired) electrons. The SMILES string of the molecule is CCOCCCN=C(N)NCCCCOCc1ccccc1.I. The third-order valence-corrected chi connectivity index (χ3v) is 3.07. The number of rotatable bonds is 12. The zero-order chi connectivity index (χ0) is 15.9. The van der Waals surface area contributed by atoms with E-state index in [1.165, 1.54) is 5.56 Å². The smallest absolute Gasteiger partial charge is 0.188 e. The first kappa shape index (κ1) is 22.1. The number of benzene rings is 1. The molecule has 0 atom stereocenters. The fraction of sp³-hybridized carbons (Fsp3) is 0.588. The molecule has 23 heavy (non-hydrogen) atoms. The van der Waals surface area contributed by atoms with Gasteiger partial charge >= 0.3 is 0 Å². The van der Waals surface area contributed by atoms with Gasteiger partial charge in [-0.15, -0.1) is 24.0 Å². The van der Waals surface area contributed by atoms with Crippen LogP contribution in [-0.4, -0.2) is 38.9 Å². The van der Waals surface area contributed by atoms with Crippen LogP contribution in [0.1, 0.15) is 31.7 Å². The molecule has 0 heterocycles. The summed E-state index contributed by atoms with van der Waals surface area (Å²) < 4.78 is 10.9. The second kappa shape index (κ2) is 16.0. The van der Waals surface area contributed by atoms with Crippen LogP contribution in [0.4, 0.5) is 0 Å². The van der Waals surface area contributed by atoms with Gasteiger partial charge in [-0.1, -0.05) is 30.3 Å². The quantitative estimate of drug-likeness (QED) is 0.229. The maximum absolute atomic E-state index is 5.77. The topological polar surface area (TPSA) is 68.9 Å². The summed E-state index contributed by atoms with van der Waals surface area (Å²) in [5, 5.41) is 3.11. The summed E-state index contributed by atoms with van der Waals surface area (Å²) in [6, 6.07) is 10.2. The fourth-order valence-electron chi connectivity index (χ4n) is 1.88. The van der Waals surface area contributed by atoms with Crippen molar-refractivity contribution in [3.05, 3.63) is 35.9 Å². The molecule has 0 fully saturated rings. The van der Waals surface area contributed by atoms with Crippen molar-refractivity contribution in [2.75, 3.05) is 32.9 Å². The van der Waals surface area contributed by atoms with E-state index in [1.54, 1.807) is 0 Å². The Bertz CT molecular complexity index is 402. The molecule has 0 saturated heterocycles. The average molecular weight is 435 g/mol. The molecule has 0 unspecified atom stereocenters. The summed E-state index contributed by atoms with van der Waals surface area (Å²) in [5.41, 5.74) is 6.98. The molecule has 0 amide bonds. The van der Waals surface area contributed by atoms with Gasteiger partial charge in [-0.05, 0) is 31.7 Å². The third kappa shape index (κ3) is 13.3. The van der Waals surface area contributed by atoms with Crippen LogP contribution in [0.25, 0.3) is 0 Å². The van der Waals surface area contributed by atoms with E-state index in [-0.39, 0.29) is 24.0 Å². The number of nitrogens with one attached hydrogen (secondary N) is 1. The Morgan fingerprint density at radius 3 is 2.57 bits per heavy atom. The molecule has 6 heteroatoms. The van der Waals surface area contributed by atoms with Crippen molar-refractivity contribution in [1.29, 1.82) is 0 Å². The summed E-state index contributed by atoms with van der Waals surface area (Å²) in [5.74, 6) is 0.515. The lowest BCUT2D eigenvalue weighted by atomic mass is 10.2. The van der Waals surface area contributed by atoms with Crippen LogP contribution in [0.15, 0.2) is 35.3 Å². The molecule has 5 nitrogen and oxygen atoms in total. The number of aliphatic imine (C=N–C) groups is 1. The van der Waals surface area contributed by atoms with Gasteiger partial charge in [0.05, 0.1) is 6.61 Å². The Morgan fingerprint density at radius 2 is 1.83 bits per heavy atom. The lowest BCUT2D eigenvalue weighted by molar-refractivity contribution is 0.117. The van der Waals surface area contributed by atoms with Gasteiger partial charge in [-0.25, -0.2) is 0 Å². The lowest BCUT2D eigenvalue weighted by Gasteiger charge is -2.07. The predicted molar refractivity (Wildman–Crippen MR) is 106 cm³/mol. The lowest BCUT2D eigenvalue weighted by Crippen LogP contribution is -2.32. The van der Waals surface area contributed by atoms with Gasteiger partial charge in [0.15, 0.2) is 5.96 Å². The number of hydrogen-bond acceptors (Lipinski definition) is 3. The van der Waals surface area contributed by atoms with Gasteiger partial charge in [0.1, 0.15) is 0 Å². The van der Waals surface area contributed by atoms with Crippen molar-refractivity contribution in [2.45, 2.75) is 32.8 Å². The molecule has 0 spiro atoms. The van der Waals surface area contributed by atoms with E-state index in [9.17, 15) is 0 Å². The molecule has 1 rings (SSSR count). The minimum absolute atomic E-state index is 0. The molecule has 0 aliphatic heterocycles. The molecule has 0 aliphatic rings. The van der Waals surface area contributed by atoms with E-state index in [1.807, 2.05) is 25.1 Å². The van der Waals surface area contributed by atoms with Crippen molar-refractivity contribution in [3.63, 3.8) is 0 Å². The van der Waals surface area contributed by atoms with E-state index < -0.39 is 0 Å². The van der Waals surface area contributed by atoms with E-state index in [2.05, 4.69) is 22.4 Å². The normalized spacial score (nSPS) is 11.1. The first-order valence-corrected chi connectivity index (χ1v) is 8.06. The molecule has 1 aromatic rings. The highest BCUT2D eigenvalue weighted by Crippen LogP contribution is 2.01. The van der Waals surface area contributed by atoms with Gasteiger partial charge in [-0.2, -0.15) is 0 Å². The number of halogens is 1. The molecule has 3 N–H and O–H groups in total. The van der Waals surface area contributed by atoms with Gasteiger partial charge in [0.25, 0.3) is 0 Å².